The lowest BCUT2D eigenvalue weighted by molar-refractivity contribution is 0.0996. The summed E-state index contributed by atoms with van der Waals surface area (Å²) in [5.41, 5.74) is 11.8. The Morgan fingerprint density at radius 2 is 2.13 bits per heavy atom. The lowest BCUT2D eigenvalue weighted by Gasteiger charge is -2.12. The second-order valence-corrected chi connectivity index (χ2v) is 3.53. The van der Waals surface area contributed by atoms with Crippen LogP contribution in [0.15, 0.2) is 6.07 Å². The highest BCUT2D eigenvalue weighted by Gasteiger charge is 2.15. The van der Waals surface area contributed by atoms with Crippen molar-refractivity contribution in [1.82, 2.24) is 4.98 Å². The van der Waals surface area contributed by atoms with Gasteiger partial charge in [-0.2, -0.15) is 0 Å². The molecule has 0 bridgehead atoms. The predicted octanol–water partition coefficient (Wildman–Crippen LogP) is 0.895. The first kappa shape index (κ1) is 11.3. The number of ether oxygens (including phenoxy) is 1. The minimum atomic E-state index is -0.645. The van der Waals surface area contributed by atoms with Crippen LogP contribution in [-0.2, 0) is 0 Å². The van der Waals surface area contributed by atoms with Gasteiger partial charge in [0.05, 0.1) is 7.11 Å². The first-order valence-electron chi connectivity index (χ1n) is 4.61. The van der Waals surface area contributed by atoms with Gasteiger partial charge in [-0.25, -0.2) is 4.98 Å². The van der Waals surface area contributed by atoms with Crippen molar-refractivity contribution in [3.8, 4) is 5.75 Å². The van der Waals surface area contributed by atoms with Crippen LogP contribution in [0.5, 0.6) is 5.75 Å². The van der Waals surface area contributed by atoms with Crippen LogP contribution in [0.1, 0.15) is 35.9 Å². The van der Waals surface area contributed by atoms with Crippen LogP contribution >= 0.6 is 0 Å². The molecule has 5 heteroatoms. The summed E-state index contributed by atoms with van der Waals surface area (Å²) in [7, 11) is 1.49. The van der Waals surface area contributed by atoms with Crippen LogP contribution in [0.3, 0.4) is 0 Å². The number of methoxy groups -OCH3 is 1. The van der Waals surface area contributed by atoms with Crippen molar-refractivity contribution in [2.75, 3.05) is 12.8 Å². The topological polar surface area (TPSA) is 91.2 Å². The third-order valence-corrected chi connectivity index (χ3v) is 2.09. The van der Waals surface area contributed by atoms with Gasteiger partial charge in [0, 0.05) is 11.8 Å². The average Bonchev–Trinajstić information content (AvgIpc) is 2.17. The van der Waals surface area contributed by atoms with Crippen molar-refractivity contribution in [2.24, 2.45) is 5.73 Å². The maximum Gasteiger partial charge on any atom is 0.269 e. The van der Waals surface area contributed by atoms with Crippen molar-refractivity contribution < 1.29 is 9.53 Å². The van der Waals surface area contributed by atoms with Crippen LogP contribution in [0, 0.1) is 0 Å². The van der Waals surface area contributed by atoms with E-state index in [9.17, 15) is 4.79 Å². The zero-order chi connectivity index (χ0) is 11.6. The van der Waals surface area contributed by atoms with Crippen LogP contribution in [0.25, 0.3) is 0 Å². The van der Waals surface area contributed by atoms with E-state index in [1.807, 2.05) is 13.8 Å². The van der Waals surface area contributed by atoms with E-state index in [4.69, 9.17) is 16.2 Å². The van der Waals surface area contributed by atoms with Gasteiger partial charge in [0.1, 0.15) is 11.4 Å². The fraction of sp³-hybridized carbons (Fsp3) is 0.400. The number of aromatic nitrogens is 1. The maximum atomic E-state index is 11.1. The molecular weight excluding hydrogens is 194 g/mol. The van der Waals surface area contributed by atoms with Gasteiger partial charge < -0.3 is 16.2 Å². The van der Waals surface area contributed by atoms with Gasteiger partial charge in [0.2, 0.25) is 0 Å². The van der Waals surface area contributed by atoms with Gasteiger partial charge in [-0.15, -0.1) is 0 Å². The van der Waals surface area contributed by atoms with E-state index < -0.39 is 5.91 Å². The standard InChI is InChI=1S/C10H15N3O2/c1-5(2)6-4-7(15-3)8(11)9(13-6)10(12)14/h4-5H,11H2,1-3H3,(H2,12,14). The molecule has 0 aliphatic rings. The van der Waals surface area contributed by atoms with Crippen LogP contribution < -0.4 is 16.2 Å². The van der Waals surface area contributed by atoms with Gasteiger partial charge in [0.15, 0.2) is 5.69 Å². The average molecular weight is 209 g/mol. The molecule has 1 aromatic rings. The van der Waals surface area contributed by atoms with E-state index >= 15 is 0 Å². The summed E-state index contributed by atoms with van der Waals surface area (Å²) in [4.78, 5) is 15.2. The number of nitrogens with zero attached hydrogens (tertiary/aromatic N) is 1. The summed E-state index contributed by atoms with van der Waals surface area (Å²) in [5, 5.41) is 0. The Balaban J connectivity index is 3.38. The molecule has 0 aliphatic heterocycles. The van der Waals surface area contributed by atoms with Crippen LogP contribution in [0.4, 0.5) is 5.69 Å². The summed E-state index contributed by atoms with van der Waals surface area (Å²) in [6.45, 7) is 3.92. The van der Waals surface area contributed by atoms with E-state index in [2.05, 4.69) is 4.98 Å². The van der Waals surface area contributed by atoms with Gasteiger partial charge in [0.25, 0.3) is 5.91 Å². The number of nitrogens with two attached hydrogens (primary N) is 2. The number of nitrogen functional groups attached to an aromatic ring is 1. The summed E-state index contributed by atoms with van der Waals surface area (Å²) in [6.07, 6.45) is 0. The highest BCUT2D eigenvalue weighted by molar-refractivity contribution is 5.97. The minimum Gasteiger partial charge on any atom is -0.494 e. The normalized spacial score (nSPS) is 10.4. The molecule has 0 aliphatic carbocycles. The molecule has 0 fully saturated rings. The number of amides is 1. The van der Waals surface area contributed by atoms with Crippen molar-refractivity contribution in [3.63, 3.8) is 0 Å². The molecule has 0 radical (unpaired) electrons. The number of carbonyl (C=O) groups excluding carboxylic acids is 1. The first-order valence-corrected chi connectivity index (χ1v) is 4.61. The molecule has 0 spiro atoms. The monoisotopic (exact) mass is 209 g/mol. The second-order valence-electron chi connectivity index (χ2n) is 3.53. The minimum absolute atomic E-state index is 0.0676. The maximum absolute atomic E-state index is 11.1. The van der Waals surface area contributed by atoms with E-state index in [0.29, 0.717) is 5.75 Å². The molecule has 5 nitrogen and oxygen atoms in total. The zero-order valence-corrected chi connectivity index (χ0v) is 9.07. The Bertz CT molecular complexity index is 388. The number of hydrogen-bond acceptors (Lipinski definition) is 4. The molecule has 0 unspecified atom stereocenters. The SMILES string of the molecule is COc1cc(C(C)C)nc(C(N)=O)c1N. The largest absolute Gasteiger partial charge is 0.494 e. The quantitative estimate of drug-likeness (QED) is 0.773. The van der Waals surface area contributed by atoms with Gasteiger partial charge >= 0.3 is 0 Å². The molecule has 1 rings (SSSR count). The Hall–Kier alpha value is -1.78. The van der Waals surface area contributed by atoms with Gasteiger partial charge in [-0.1, -0.05) is 13.8 Å². The van der Waals surface area contributed by atoms with E-state index in [-0.39, 0.29) is 17.3 Å². The van der Waals surface area contributed by atoms with Crippen LogP contribution in [-0.4, -0.2) is 18.0 Å². The molecular formula is C10H15N3O2. The molecule has 0 atom stereocenters. The Labute approximate surface area is 88.4 Å². The fourth-order valence-corrected chi connectivity index (χ4v) is 1.20. The van der Waals surface area contributed by atoms with Crippen molar-refractivity contribution in [2.45, 2.75) is 19.8 Å². The number of pyridine rings is 1. The van der Waals surface area contributed by atoms with Crippen molar-refractivity contribution in [3.05, 3.63) is 17.5 Å². The third-order valence-electron chi connectivity index (χ3n) is 2.09. The Morgan fingerprint density at radius 1 is 1.53 bits per heavy atom. The number of primary amides is 1. The number of rotatable bonds is 3. The molecule has 1 amide bonds. The summed E-state index contributed by atoms with van der Waals surface area (Å²) in [6, 6.07) is 1.71. The smallest absolute Gasteiger partial charge is 0.269 e. The highest BCUT2D eigenvalue weighted by Crippen LogP contribution is 2.27. The summed E-state index contributed by atoms with van der Waals surface area (Å²) < 4.78 is 5.05. The van der Waals surface area contributed by atoms with Crippen LogP contribution in [0.2, 0.25) is 0 Å². The molecule has 0 saturated heterocycles. The lowest BCUT2D eigenvalue weighted by atomic mass is 10.1. The summed E-state index contributed by atoms with van der Waals surface area (Å²) >= 11 is 0. The van der Waals surface area contributed by atoms with E-state index in [1.54, 1.807) is 6.07 Å². The molecule has 1 aromatic heterocycles. The molecule has 15 heavy (non-hydrogen) atoms. The predicted molar refractivity (Wildman–Crippen MR) is 57.8 cm³/mol. The highest BCUT2D eigenvalue weighted by atomic mass is 16.5. The van der Waals surface area contributed by atoms with Gasteiger partial charge in [-0.05, 0) is 5.92 Å². The third kappa shape index (κ3) is 2.18. The van der Waals surface area contributed by atoms with Gasteiger partial charge in [-0.3, -0.25) is 4.79 Å². The Morgan fingerprint density at radius 3 is 2.53 bits per heavy atom. The Kier molecular flexibility index (Phi) is 3.14. The van der Waals surface area contributed by atoms with Crippen molar-refractivity contribution in [1.29, 1.82) is 0 Å². The number of anilines is 1. The number of carbonyl (C=O) groups is 1. The fourth-order valence-electron chi connectivity index (χ4n) is 1.20. The van der Waals surface area contributed by atoms with E-state index in [1.165, 1.54) is 7.11 Å². The second kappa shape index (κ2) is 4.16. The molecule has 82 valence electrons. The summed E-state index contributed by atoms with van der Waals surface area (Å²) in [5.74, 6) is -0.0339. The lowest BCUT2D eigenvalue weighted by Crippen LogP contribution is -2.17. The van der Waals surface area contributed by atoms with Crippen molar-refractivity contribution >= 4 is 11.6 Å². The number of hydrogen-bond donors (Lipinski definition) is 2. The molecule has 1 heterocycles. The molecule has 0 saturated carbocycles. The molecule has 4 N–H and O–H groups in total. The van der Waals surface area contributed by atoms with E-state index in [0.717, 1.165) is 5.69 Å². The zero-order valence-electron chi connectivity index (χ0n) is 9.07. The first-order chi connectivity index (χ1) is 6.97. The molecule has 0 aromatic carbocycles.